The van der Waals surface area contributed by atoms with E-state index in [0.29, 0.717) is 6.04 Å². The summed E-state index contributed by atoms with van der Waals surface area (Å²) < 4.78 is 0. The molecule has 1 heterocycles. The molecule has 0 aromatic heterocycles. The molecule has 2 nitrogen and oxygen atoms in total. The second kappa shape index (κ2) is 10.1. The van der Waals surface area contributed by atoms with Crippen molar-refractivity contribution in [3.05, 3.63) is 71.6 Å². The Kier molecular flexibility index (Phi) is 8.12. The van der Waals surface area contributed by atoms with Crippen molar-refractivity contribution in [3.8, 4) is 0 Å². The Labute approximate surface area is 173 Å². The van der Waals surface area contributed by atoms with Gasteiger partial charge in [0.2, 0.25) is 0 Å². The molecule has 0 aliphatic carbocycles. The van der Waals surface area contributed by atoms with Gasteiger partial charge in [-0.1, -0.05) is 66.3 Å². The van der Waals surface area contributed by atoms with Gasteiger partial charge in [-0.05, 0) is 72.2 Å². The maximum absolute atomic E-state index is 4.03. The lowest BCUT2D eigenvalue weighted by atomic mass is 9.81. The summed E-state index contributed by atoms with van der Waals surface area (Å²) in [4.78, 5) is 4.92. The van der Waals surface area contributed by atoms with E-state index < -0.39 is 0 Å². The molecule has 154 valence electrons. The number of hydrogen-bond acceptors (Lipinski definition) is 2. The molecule has 1 aromatic rings. The van der Waals surface area contributed by atoms with Crippen LogP contribution in [0.1, 0.15) is 64.7 Å². The molecule has 1 aromatic carbocycles. The summed E-state index contributed by atoms with van der Waals surface area (Å²) in [5, 5.41) is 0. The van der Waals surface area contributed by atoms with Gasteiger partial charge in [-0.25, -0.2) is 0 Å². The van der Waals surface area contributed by atoms with Crippen LogP contribution in [0.4, 0.5) is 0 Å². The molecular weight excluding hydrogens is 340 g/mol. The van der Waals surface area contributed by atoms with Gasteiger partial charge in [0, 0.05) is 25.0 Å². The summed E-state index contributed by atoms with van der Waals surface area (Å²) in [6, 6.07) is 7.57. The molecule has 0 amide bonds. The van der Waals surface area contributed by atoms with E-state index in [2.05, 4.69) is 101 Å². The second-order valence-corrected chi connectivity index (χ2v) is 9.06. The van der Waals surface area contributed by atoms with Gasteiger partial charge in [0.05, 0.1) is 0 Å². The van der Waals surface area contributed by atoms with Crippen molar-refractivity contribution in [1.82, 2.24) is 9.80 Å². The first-order valence-electron chi connectivity index (χ1n) is 10.9. The van der Waals surface area contributed by atoms with Crippen LogP contribution in [0, 0.1) is 5.41 Å². The molecule has 0 saturated heterocycles. The van der Waals surface area contributed by atoms with E-state index in [1.54, 1.807) is 0 Å². The zero-order valence-corrected chi connectivity index (χ0v) is 19.0. The maximum Gasteiger partial charge on any atom is 0.0419 e. The van der Waals surface area contributed by atoms with Crippen molar-refractivity contribution < 1.29 is 0 Å². The Morgan fingerprint density at radius 3 is 2.25 bits per heavy atom. The highest BCUT2D eigenvalue weighted by Crippen LogP contribution is 2.30. The van der Waals surface area contributed by atoms with E-state index in [0.717, 1.165) is 31.5 Å². The van der Waals surface area contributed by atoms with Crippen molar-refractivity contribution in [2.24, 2.45) is 5.41 Å². The molecular formula is C26H40N2. The predicted octanol–water partition coefficient (Wildman–Crippen LogP) is 6.34. The quantitative estimate of drug-likeness (QED) is 0.493. The van der Waals surface area contributed by atoms with Crippen LogP contribution in [0.5, 0.6) is 0 Å². The highest BCUT2D eigenvalue weighted by atomic mass is 15.1. The van der Waals surface area contributed by atoms with Crippen molar-refractivity contribution in [2.45, 2.75) is 73.4 Å². The third kappa shape index (κ3) is 6.10. The number of rotatable bonds is 9. The molecule has 1 aliphatic heterocycles. The number of benzene rings is 1. The van der Waals surface area contributed by atoms with Gasteiger partial charge in [-0.15, -0.1) is 0 Å². The predicted molar refractivity (Wildman–Crippen MR) is 123 cm³/mol. The topological polar surface area (TPSA) is 6.48 Å². The number of allylic oxidation sites excluding steroid dienone is 3. The lowest BCUT2D eigenvalue weighted by molar-refractivity contribution is 0.187. The van der Waals surface area contributed by atoms with E-state index >= 15 is 0 Å². The molecule has 0 fully saturated rings. The minimum atomic E-state index is 0.175. The molecule has 0 bridgehead atoms. The van der Waals surface area contributed by atoms with Crippen molar-refractivity contribution in [3.63, 3.8) is 0 Å². The fourth-order valence-electron chi connectivity index (χ4n) is 3.96. The third-order valence-electron chi connectivity index (χ3n) is 5.74. The average Bonchev–Trinajstić information content (AvgIpc) is 2.66. The fourth-order valence-corrected chi connectivity index (χ4v) is 3.96. The van der Waals surface area contributed by atoms with Crippen LogP contribution < -0.4 is 0 Å². The monoisotopic (exact) mass is 380 g/mol. The fraction of sp³-hybridized carbons (Fsp3) is 0.538. The zero-order chi connectivity index (χ0) is 20.7. The standard InChI is InChI=1S/C26H40N2/c1-8-15-27(10-3)20-24-18-22(11-12-23(24)9-2)19-25(26(5,6)7)28-16-13-21(4)14-17-28/h11-14,16-18,25H,4,8-10,15,19-20H2,1-3,5-7H3. The molecule has 28 heavy (non-hydrogen) atoms. The van der Waals surface area contributed by atoms with Crippen LogP contribution in [0.25, 0.3) is 0 Å². The van der Waals surface area contributed by atoms with Crippen molar-refractivity contribution >= 4 is 0 Å². The zero-order valence-electron chi connectivity index (χ0n) is 19.0. The lowest BCUT2D eigenvalue weighted by Crippen LogP contribution is -2.40. The van der Waals surface area contributed by atoms with Gasteiger partial charge in [0.25, 0.3) is 0 Å². The van der Waals surface area contributed by atoms with E-state index in [4.69, 9.17) is 0 Å². The van der Waals surface area contributed by atoms with E-state index in [-0.39, 0.29) is 5.41 Å². The van der Waals surface area contributed by atoms with Crippen LogP contribution in [-0.2, 0) is 19.4 Å². The van der Waals surface area contributed by atoms with E-state index in [1.807, 2.05) is 0 Å². The van der Waals surface area contributed by atoms with Gasteiger partial charge in [0.15, 0.2) is 0 Å². The summed E-state index contributed by atoms with van der Waals surface area (Å²) in [7, 11) is 0. The Hall–Kier alpha value is -1.80. The molecule has 1 unspecified atom stereocenters. The Bertz CT molecular complexity index is 690. The normalized spacial score (nSPS) is 15.5. The molecule has 1 aliphatic rings. The number of aryl methyl sites for hydroxylation is 1. The van der Waals surface area contributed by atoms with Crippen LogP contribution >= 0.6 is 0 Å². The van der Waals surface area contributed by atoms with Gasteiger partial charge in [-0.3, -0.25) is 4.90 Å². The Balaban J connectivity index is 2.27. The molecule has 0 N–H and O–H groups in total. The van der Waals surface area contributed by atoms with Crippen molar-refractivity contribution in [2.75, 3.05) is 13.1 Å². The minimum Gasteiger partial charge on any atom is -0.350 e. The first-order chi connectivity index (χ1) is 13.3. The third-order valence-corrected chi connectivity index (χ3v) is 5.74. The van der Waals surface area contributed by atoms with Crippen LogP contribution in [0.3, 0.4) is 0 Å². The van der Waals surface area contributed by atoms with Crippen molar-refractivity contribution in [1.29, 1.82) is 0 Å². The summed E-state index contributed by atoms with van der Waals surface area (Å²) in [5.74, 6) is 0. The Morgan fingerprint density at radius 1 is 1.04 bits per heavy atom. The van der Waals surface area contributed by atoms with Gasteiger partial charge in [0.1, 0.15) is 0 Å². The maximum atomic E-state index is 4.03. The van der Waals surface area contributed by atoms with Crippen LogP contribution in [0.15, 0.2) is 54.9 Å². The number of hydrogen-bond donors (Lipinski definition) is 0. The molecule has 2 rings (SSSR count). The summed E-state index contributed by atoms with van der Waals surface area (Å²) >= 11 is 0. The first kappa shape index (κ1) is 22.5. The highest BCUT2D eigenvalue weighted by molar-refractivity contribution is 5.34. The van der Waals surface area contributed by atoms with Gasteiger partial charge in [-0.2, -0.15) is 0 Å². The van der Waals surface area contributed by atoms with Gasteiger partial charge >= 0.3 is 0 Å². The first-order valence-corrected chi connectivity index (χ1v) is 10.9. The molecule has 0 spiro atoms. The van der Waals surface area contributed by atoms with E-state index in [1.165, 1.54) is 29.7 Å². The molecule has 2 heteroatoms. The largest absolute Gasteiger partial charge is 0.350 e. The summed E-state index contributed by atoms with van der Waals surface area (Å²) in [6.45, 7) is 21.2. The van der Waals surface area contributed by atoms with E-state index in [9.17, 15) is 0 Å². The molecule has 0 saturated carbocycles. The average molecular weight is 381 g/mol. The highest BCUT2D eigenvalue weighted by Gasteiger charge is 2.29. The SMILES string of the molecule is C=C1C=CN(C(Cc2ccc(CC)c(CN(CC)CCC)c2)C(C)(C)C)C=C1. The molecule has 0 radical (unpaired) electrons. The second-order valence-electron chi connectivity index (χ2n) is 9.06. The summed E-state index contributed by atoms with van der Waals surface area (Å²) in [6.07, 6.45) is 11.9. The Morgan fingerprint density at radius 2 is 1.71 bits per heavy atom. The van der Waals surface area contributed by atoms with Crippen LogP contribution in [0.2, 0.25) is 0 Å². The smallest absolute Gasteiger partial charge is 0.0419 e. The number of nitrogens with zero attached hydrogens (tertiary/aromatic N) is 2. The van der Waals surface area contributed by atoms with Crippen LogP contribution in [-0.4, -0.2) is 28.9 Å². The summed E-state index contributed by atoms with van der Waals surface area (Å²) in [5.41, 5.74) is 5.66. The molecule has 1 atom stereocenters. The minimum absolute atomic E-state index is 0.175. The van der Waals surface area contributed by atoms with Gasteiger partial charge < -0.3 is 4.90 Å². The lowest BCUT2D eigenvalue weighted by Gasteiger charge is -2.39.